The van der Waals surface area contributed by atoms with Crippen molar-refractivity contribution in [3.05, 3.63) is 46.8 Å². The van der Waals surface area contributed by atoms with Gasteiger partial charge in [0.1, 0.15) is 5.82 Å². The number of aryl methyl sites for hydroxylation is 2. The largest absolute Gasteiger partial charge is 0.289 e. The minimum absolute atomic E-state index is 0.175. The zero-order chi connectivity index (χ0) is 10.7. The second-order valence-electron chi connectivity index (χ2n) is 3.30. The van der Waals surface area contributed by atoms with Crippen LogP contribution in [0, 0.1) is 19.7 Å². The molecule has 1 aromatic carbocycles. The standard InChI is InChI=1S/C12H13FO/c1-4-5-11(14)12-9(3)6-8(2)7-10(12)13/h4-7H,1-3H3/b5-4+. The third kappa shape index (κ3) is 2.08. The number of hydrogen-bond donors (Lipinski definition) is 0. The molecule has 0 bridgehead atoms. The topological polar surface area (TPSA) is 17.1 Å². The minimum Gasteiger partial charge on any atom is -0.289 e. The number of carbonyl (C=O) groups is 1. The van der Waals surface area contributed by atoms with Crippen molar-refractivity contribution >= 4 is 5.78 Å². The van der Waals surface area contributed by atoms with Gasteiger partial charge in [0.05, 0.1) is 5.56 Å². The molecule has 0 aromatic heterocycles. The molecule has 0 atom stereocenters. The normalized spacial score (nSPS) is 10.9. The van der Waals surface area contributed by atoms with Gasteiger partial charge in [0.15, 0.2) is 5.78 Å². The SMILES string of the molecule is C/C=C/C(=O)c1c(C)cc(C)cc1F. The summed E-state index contributed by atoms with van der Waals surface area (Å²) in [6, 6.07) is 3.18. The van der Waals surface area contributed by atoms with Gasteiger partial charge < -0.3 is 0 Å². The summed E-state index contributed by atoms with van der Waals surface area (Å²) in [4.78, 5) is 11.5. The Labute approximate surface area is 83.3 Å². The van der Waals surface area contributed by atoms with Crippen LogP contribution in [0.4, 0.5) is 4.39 Å². The van der Waals surface area contributed by atoms with Crippen molar-refractivity contribution in [1.29, 1.82) is 0 Å². The van der Waals surface area contributed by atoms with Gasteiger partial charge in [-0.3, -0.25) is 4.79 Å². The third-order valence-electron chi connectivity index (χ3n) is 2.00. The summed E-state index contributed by atoms with van der Waals surface area (Å²) in [7, 11) is 0. The van der Waals surface area contributed by atoms with Crippen molar-refractivity contribution in [3.63, 3.8) is 0 Å². The molecule has 2 heteroatoms. The summed E-state index contributed by atoms with van der Waals surface area (Å²) in [6.07, 6.45) is 2.99. The maximum atomic E-state index is 13.4. The third-order valence-corrected chi connectivity index (χ3v) is 2.00. The maximum absolute atomic E-state index is 13.4. The molecule has 1 aromatic rings. The highest BCUT2D eigenvalue weighted by atomic mass is 19.1. The lowest BCUT2D eigenvalue weighted by molar-refractivity contribution is 0.104. The van der Waals surface area contributed by atoms with Gasteiger partial charge in [-0.1, -0.05) is 12.1 Å². The quantitative estimate of drug-likeness (QED) is 0.519. The van der Waals surface area contributed by atoms with Gasteiger partial charge >= 0.3 is 0 Å². The first-order valence-electron chi connectivity index (χ1n) is 4.50. The molecule has 0 unspecified atom stereocenters. The first-order chi connectivity index (χ1) is 6.56. The predicted molar refractivity (Wildman–Crippen MR) is 55.0 cm³/mol. The highest BCUT2D eigenvalue weighted by molar-refractivity contribution is 6.05. The zero-order valence-corrected chi connectivity index (χ0v) is 8.60. The summed E-state index contributed by atoms with van der Waals surface area (Å²) < 4.78 is 13.4. The Bertz CT molecular complexity index is 368. The smallest absolute Gasteiger partial charge is 0.188 e. The van der Waals surface area contributed by atoms with Crippen LogP contribution in [-0.4, -0.2) is 5.78 Å². The highest BCUT2D eigenvalue weighted by Gasteiger charge is 2.12. The second kappa shape index (κ2) is 4.18. The van der Waals surface area contributed by atoms with Crippen molar-refractivity contribution < 1.29 is 9.18 Å². The second-order valence-corrected chi connectivity index (χ2v) is 3.30. The molecule has 0 aliphatic heterocycles. The number of ketones is 1. The van der Waals surface area contributed by atoms with Crippen molar-refractivity contribution in [1.82, 2.24) is 0 Å². The number of allylic oxidation sites excluding steroid dienone is 2. The Morgan fingerprint density at radius 3 is 2.50 bits per heavy atom. The summed E-state index contributed by atoms with van der Waals surface area (Å²) in [5.41, 5.74) is 1.69. The molecule has 0 radical (unpaired) electrons. The zero-order valence-electron chi connectivity index (χ0n) is 8.60. The van der Waals surface area contributed by atoms with Gasteiger partial charge in [0, 0.05) is 0 Å². The number of benzene rings is 1. The van der Waals surface area contributed by atoms with Crippen LogP contribution in [0.5, 0.6) is 0 Å². The molecule has 1 rings (SSSR count). The summed E-state index contributed by atoms with van der Waals surface area (Å²) in [6.45, 7) is 5.28. The molecular weight excluding hydrogens is 179 g/mol. The van der Waals surface area contributed by atoms with Crippen LogP contribution in [-0.2, 0) is 0 Å². The van der Waals surface area contributed by atoms with Gasteiger partial charge in [-0.25, -0.2) is 4.39 Å². The van der Waals surface area contributed by atoms with Gasteiger partial charge in [-0.05, 0) is 44.0 Å². The van der Waals surface area contributed by atoms with Crippen LogP contribution >= 0.6 is 0 Å². The fourth-order valence-electron chi connectivity index (χ4n) is 1.46. The van der Waals surface area contributed by atoms with E-state index in [9.17, 15) is 9.18 Å². The van der Waals surface area contributed by atoms with Gasteiger partial charge in [0.2, 0.25) is 0 Å². The molecular formula is C12H13FO. The van der Waals surface area contributed by atoms with Crippen LogP contribution in [0.2, 0.25) is 0 Å². The average molecular weight is 192 g/mol. The molecule has 1 nitrogen and oxygen atoms in total. The van der Waals surface area contributed by atoms with E-state index in [0.29, 0.717) is 5.56 Å². The Balaban J connectivity index is 3.27. The van der Waals surface area contributed by atoms with E-state index in [0.717, 1.165) is 5.56 Å². The lowest BCUT2D eigenvalue weighted by Gasteiger charge is -2.04. The van der Waals surface area contributed by atoms with E-state index in [4.69, 9.17) is 0 Å². The van der Waals surface area contributed by atoms with Crippen LogP contribution in [0.1, 0.15) is 28.4 Å². The number of rotatable bonds is 2. The molecule has 0 saturated heterocycles. The Kier molecular flexibility index (Phi) is 3.18. The van der Waals surface area contributed by atoms with Crippen molar-refractivity contribution in [3.8, 4) is 0 Å². The van der Waals surface area contributed by atoms with E-state index >= 15 is 0 Å². The minimum atomic E-state index is -0.439. The molecule has 0 heterocycles. The van der Waals surface area contributed by atoms with E-state index in [1.165, 1.54) is 12.1 Å². The lowest BCUT2D eigenvalue weighted by atomic mass is 10.0. The van der Waals surface area contributed by atoms with Crippen LogP contribution in [0.15, 0.2) is 24.3 Å². The van der Waals surface area contributed by atoms with Crippen molar-refractivity contribution in [2.45, 2.75) is 20.8 Å². The van der Waals surface area contributed by atoms with Gasteiger partial charge in [-0.2, -0.15) is 0 Å². The van der Waals surface area contributed by atoms with Crippen LogP contribution in [0.3, 0.4) is 0 Å². The Hall–Kier alpha value is -1.44. The van der Waals surface area contributed by atoms with Crippen molar-refractivity contribution in [2.24, 2.45) is 0 Å². The fraction of sp³-hybridized carbons (Fsp3) is 0.250. The summed E-state index contributed by atoms with van der Waals surface area (Å²) >= 11 is 0. The Morgan fingerprint density at radius 2 is 2.00 bits per heavy atom. The average Bonchev–Trinajstić information content (AvgIpc) is 2.01. The summed E-state index contributed by atoms with van der Waals surface area (Å²) in [5.74, 6) is -0.715. The molecule has 74 valence electrons. The van der Waals surface area contributed by atoms with Gasteiger partial charge in [0.25, 0.3) is 0 Å². The van der Waals surface area contributed by atoms with E-state index in [1.54, 1.807) is 32.9 Å². The molecule has 0 spiro atoms. The monoisotopic (exact) mass is 192 g/mol. The predicted octanol–water partition coefficient (Wildman–Crippen LogP) is 3.20. The van der Waals surface area contributed by atoms with Crippen molar-refractivity contribution in [2.75, 3.05) is 0 Å². The molecule has 0 amide bonds. The molecule has 0 aliphatic carbocycles. The van der Waals surface area contributed by atoms with Crippen LogP contribution in [0.25, 0.3) is 0 Å². The van der Waals surface area contributed by atoms with E-state index < -0.39 is 5.82 Å². The highest BCUT2D eigenvalue weighted by Crippen LogP contribution is 2.16. The van der Waals surface area contributed by atoms with E-state index in [1.807, 2.05) is 0 Å². The fourth-order valence-corrected chi connectivity index (χ4v) is 1.46. The first-order valence-corrected chi connectivity index (χ1v) is 4.50. The molecule has 14 heavy (non-hydrogen) atoms. The lowest BCUT2D eigenvalue weighted by Crippen LogP contribution is -2.02. The number of halogens is 1. The van der Waals surface area contributed by atoms with E-state index in [-0.39, 0.29) is 11.3 Å². The van der Waals surface area contributed by atoms with E-state index in [2.05, 4.69) is 0 Å². The Morgan fingerprint density at radius 1 is 1.36 bits per heavy atom. The molecule has 0 N–H and O–H groups in total. The van der Waals surface area contributed by atoms with Crippen LogP contribution < -0.4 is 0 Å². The first kappa shape index (κ1) is 10.6. The number of hydrogen-bond acceptors (Lipinski definition) is 1. The number of carbonyl (C=O) groups excluding carboxylic acids is 1. The summed E-state index contributed by atoms with van der Waals surface area (Å²) in [5, 5.41) is 0. The molecule has 0 fully saturated rings. The van der Waals surface area contributed by atoms with Gasteiger partial charge in [-0.15, -0.1) is 0 Å². The molecule has 0 aliphatic rings. The maximum Gasteiger partial charge on any atom is 0.188 e. The molecule has 0 saturated carbocycles.